The Morgan fingerprint density at radius 2 is 2.04 bits per heavy atom. The molecule has 2 unspecified atom stereocenters. The van der Waals surface area contributed by atoms with Crippen molar-refractivity contribution in [2.75, 3.05) is 19.6 Å². The predicted molar refractivity (Wildman–Crippen MR) is 88.6 cm³/mol. The Labute approximate surface area is 164 Å². The molecule has 119 valence electrons. The number of piperidine rings is 1. The van der Waals surface area contributed by atoms with E-state index < -0.39 is 0 Å². The number of rotatable bonds is 4. The van der Waals surface area contributed by atoms with Gasteiger partial charge in [-0.3, -0.25) is 0 Å². The van der Waals surface area contributed by atoms with Crippen LogP contribution in [0.25, 0.3) is 0 Å². The molecule has 0 N–H and O–H groups in total. The minimum Gasteiger partial charge on any atom is -0.373 e. The van der Waals surface area contributed by atoms with E-state index >= 15 is 0 Å². The van der Waals surface area contributed by atoms with Gasteiger partial charge >= 0.3 is 0 Å². The van der Waals surface area contributed by atoms with Crippen LogP contribution in [-0.2, 0) is 44.5 Å². The van der Waals surface area contributed by atoms with Crippen LogP contribution in [0.4, 0.5) is 0 Å². The molecular formula is C19H24N3Y-. The summed E-state index contributed by atoms with van der Waals surface area (Å²) in [5.74, 6) is 1.76. The third-order valence-corrected chi connectivity index (χ3v) is 4.78. The second kappa shape index (κ2) is 8.46. The minimum absolute atomic E-state index is 0. The second-order valence-electron chi connectivity index (χ2n) is 6.01. The number of hydrogen-bond acceptors (Lipinski definition) is 3. The fraction of sp³-hybridized carbons (Fsp3) is 0.474. The predicted octanol–water partition coefficient (Wildman–Crippen LogP) is 3.12. The molecule has 1 saturated carbocycles. The van der Waals surface area contributed by atoms with Crippen molar-refractivity contribution in [2.45, 2.75) is 32.1 Å². The fourth-order valence-corrected chi connectivity index (χ4v) is 3.65. The molecule has 2 aromatic rings. The van der Waals surface area contributed by atoms with E-state index in [9.17, 15) is 0 Å². The summed E-state index contributed by atoms with van der Waals surface area (Å²) in [4.78, 5) is 11.0. The molecule has 1 saturated heterocycles. The van der Waals surface area contributed by atoms with Gasteiger partial charge in [0.2, 0.25) is 0 Å². The number of benzene rings is 1. The van der Waals surface area contributed by atoms with Crippen molar-refractivity contribution in [2.24, 2.45) is 5.92 Å². The summed E-state index contributed by atoms with van der Waals surface area (Å²) in [6.45, 7) is 7.48. The molecule has 23 heavy (non-hydrogen) atoms. The normalized spacial score (nSPS) is 24.9. The van der Waals surface area contributed by atoms with E-state index in [2.05, 4.69) is 51.4 Å². The molecule has 1 aliphatic heterocycles. The smallest absolute Gasteiger partial charge is 0.0148 e. The van der Waals surface area contributed by atoms with Crippen molar-refractivity contribution in [3.63, 3.8) is 0 Å². The van der Waals surface area contributed by atoms with Crippen molar-refractivity contribution in [1.29, 1.82) is 0 Å². The molecule has 4 rings (SSSR count). The van der Waals surface area contributed by atoms with Crippen molar-refractivity contribution in [3.05, 3.63) is 60.2 Å². The van der Waals surface area contributed by atoms with Gasteiger partial charge in [0.15, 0.2) is 0 Å². The van der Waals surface area contributed by atoms with Crippen LogP contribution in [0.1, 0.15) is 31.7 Å². The van der Waals surface area contributed by atoms with Gasteiger partial charge in [0, 0.05) is 57.0 Å². The van der Waals surface area contributed by atoms with E-state index in [0.29, 0.717) is 5.41 Å². The van der Waals surface area contributed by atoms with Crippen LogP contribution in [0.2, 0.25) is 0 Å². The maximum atomic E-state index is 4.28. The van der Waals surface area contributed by atoms with Crippen LogP contribution in [-0.4, -0.2) is 34.5 Å². The van der Waals surface area contributed by atoms with Crippen LogP contribution < -0.4 is 0 Å². The number of nitrogens with zero attached hydrogens (tertiary/aromatic N) is 3. The van der Waals surface area contributed by atoms with Gasteiger partial charge in [-0.1, -0.05) is 56.6 Å². The molecule has 1 aromatic carbocycles. The van der Waals surface area contributed by atoms with Crippen LogP contribution >= 0.6 is 0 Å². The largest absolute Gasteiger partial charge is 0.373 e. The second-order valence-corrected chi connectivity index (χ2v) is 6.01. The zero-order chi connectivity index (χ0) is 15.4. The van der Waals surface area contributed by atoms with Crippen molar-refractivity contribution in [3.8, 4) is 0 Å². The molecule has 1 aliphatic carbocycles. The SMILES string of the molecule is CC.[Y].[c-]1ccnc(CCN2CC3CC3(c3ccccc3)C2)n1. The average molecular weight is 383 g/mol. The van der Waals surface area contributed by atoms with Gasteiger partial charge in [0.05, 0.1) is 0 Å². The Hall–Kier alpha value is -0.636. The van der Waals surface area contributed by atoms with E-state index in [1.165, 1.54) is 25.1 Å². The number of fused-ring (bicyclic) bond motifs is 1. The summed E-state index contributed by atoms with van der Waals surface area (Å²) < 4.78 is 0. The molecule has 0 amide bonds. The van der Waals surface area contributed by atoms with Crippen LogP contribution in [0, 0.1) is 12.1 Å². The Morgan fingerprint density at radius 1 is 1.26 bits per heavy atom. The third kappa shape index (κ3) is 4.07. The summed E-state index contributed by atoms with van der Waals surface area (Å²) in [5.41, 5.74) is 1.97. The fourth-order valence-electron chi connectivity index (χ4n) is 3.65. The van der Waals surface area contributed by atoms with Gasteiger partial charge in [0.25, 0.3) is 0 Å². The third-order valence-electron chi connectivity index (χ3n) is 4.78. The molecule has 0 spiro atoms. The Bertz CT molecular complexity index is 590. The standard InChI is InChI=1S/C17H18N3.C2H6.Y/c1-2-5-14(6-3-1)17-11-15(17)12-20(13-17)10-7-16-18-8-4-9-19-16;1-2;/h1-6,8,15H,7,10-13H2;1-2H3;/q-1;;. The van der Waals surface area contributed by atoms with E-state index in [0.717, 1.165) is 24.7 Å². The first-order valence-corrected chi connectivity index (χ1v) is 8.33. The minimum atomic E-state index is 0. The molecule has 1 radical (unpaired) electrons. The van der Waals surface area contributed by atoms with Crippen LogP contribution in [0.15, 0.2) is 42.6 Å². The first-order valence-electron chi connectivity index (χ1n) is 8.33. The zero-order valence-corrected chi connectivity index (χ0v) is 16.9. The van der Waals surface area contributed by atoms with E-state index in [1.54, 1.807) is 12.3 Å². The monoisotopic (exact) mass is 383 g/mol. The molecule has 1 aromatic heterocycles. The summed E-state index contributed by atoms with van der Waals surface area (Å²) >= 11 is 0. The molecular weight excluding hydrogens is 359 g/mol. The van der Waals surface area contributed by atoms with Gasteiger partial charge in [-0.05, 0) is 30.9 Å². The molecule has 0 bridgehead atoms. The summed E-state index contributed by atoms with van der Waals surface area (Å²) in [7, 11) is 0. The first-order chi connectivity index (χ1) is 10.9. The molecule has 2 heterocycles. The van der Waals surface area contributed by atoms with Crippen molar-refractivity contribution >= 4 is 0 Å². The molecule has 3 nitrogen and oxygen atoms in total. The van der Waals surface area contributed by atoms with Crippen LogP contribution in [0.5, 0.6) is 0 Å². The Balaban J connectivity index is 0.000000617. The van der Waals surface area contributed by atoms with Gasteiger partial charge in [-0.2, -0.15) is 0 Å². The van der Waals surface area contributed by atoms with Crippen molar-refractivity contribution < 1.29 is 32.7 Å². The van der Waals surface area contributed by atoms with Crippen LogP contribution in [0.3, 0.4) is 0 Å². The van der Waals surface area contributed by atoms with Gasteiger partial charge in [-0.15, -0.1) is 6.07 Å². The number of aromatic nitrogens is 2. The average Bonchev–Trinajstić information content (AvgIpc) is 3.19. The Morgan fingerprint density at radius 3 is 2.74 bits per heavy atom. The summed E-state index contributed by atoms with van der Waals surface area (Å²) in [5, 5.41) is 0. The number of hydrogen-bond donors (Lipinski definition) is 0. The van der Waals surface area contributed by atoms with Gasteiger partial charge in [0.1, 0.15) is 0 Å². The van der Waals surface area contributed by atoms with E-state index in [-0.39, 0.29) is 32.7 Å². The van der Waals surface area contributed by atoms with E-state index in [4.69, 9.17) is 0 Å². The molecule has 2 atom stereocenters. The van der Waals surface area contributed by atoms with Gasteiger partial charge in [-0.25, -0.2) is 0 Å². The zero-order valence-electron chi connectivity index (χ0n) is 14.1. The van der Waals surface area contributed by atoms with Crippen molar-refractivity contribution in [1.82, 2.24) is 14.9 Å². The topological polar surface area (TPSA) is 29.0 Å². The number of likely N-dealkylation sites (tertiary alicyclic amines) is 1. The summed E-state index contributed by atoms with van der Waals surface area (Å²) in [6, 6.07) is 12.8. The molecule has 4 heteroatoms. The maximum Gasteiger partial charge on any atom is 0.0148 e. The Kier molecular flexibility index (Phi) is 6.88. The van der Waals surface area contributed by atoms with Gasteiger partial charge < -0.3 is 14.9 Å². The first kappa shape index (κ1) is 18.7. The quantitative estimate of drug-likeness (QED) is 0.760. The molecule has 2 fully saturated rings. The summed E-state index contributed by atoms with van der Waals surface area (Å²) in [6.07, 6.45) is 6.92. The molecule has 2 aliphatic rings. The van der Waals surface area contributed by atoms with E-state index in [1.807, 2.05) is 13.8 Å². The maximum absolute atomic E-state index is 4.28.